The van der Waals surface area contributed by atoms with Gasteiger partial charge in [-0.2, -0.15) is 8.42 Å². The number of carboxylic acids is 1. The molecule has 0 bridgehead atoms. The number of hydrogen-bond donors (Lipinski definition) is 2. The quantitative estimate of drug-likeness (QED) is 0.536. The van der Waals surface area contributed by atoms with Crippen molar-refractivity contribution in [3.63, 3.8) is 0 Å². The molecule has 0 unspecified atom stereocenters. The van der Waals surface area contributed by atoms with Gasteiger partial charge in [0, 0.05) is 6.42 Å². The van der Waals surface area contributed by atoms with Crippen LogP contribution in [-0.4, -0.2) is 24.0 Å². The molecule has 0 saturated heterocycles. The number of aliphatic carboxylic acids is 1. The number of benzene rings is 1. The average Bonchev–Trinajstić information content (AvgIpc) is 2.33. The summed E-state index contributed by atoms with van der Waals surface area (Å²) < 4.78 is 33.8. The zero-order chi connectivity index (χ0) is 15.0. The van der Waals surface area contributed by atoms with Gasteiger partial charge in [0.2, 0.25) is 0 Å². The zero-order valence-electron chi connectivity index (χ0n) is 11.0. The third kappa shape index (κ3) is 7.75. The van der Waals surface area contributed by atoms with Crippen LogP contribution < -0.4 is 4.18 Å². The van der Waals surface area contributed by atoms with Gasteiger partial charge in [0.25, 0.3) is 0 Å². The lowest BCUT2D eigenvalue weighted by Gasteiger charge is -2.04. The van der Waals surface area contributed by atoms with Gasteiger partial charge in [0.1, 0.15) is 5.75 Å². The van der Waals surface area contributed by atoms with Crippen LogP contribution in [0.15, 0.2) is 24.3 Å². The van der Waals surface area contributed by atoms with Gasteiger partial charge in [-0.25, -0.2) is 0 Å². The largest absolute Gasteiger partial charge is 0.481 e. The highest BCUT2D eigenvalue weighted by Crippen LogP contribution is 2.16. The molecule has 0 aromatic heterocycles. The molecular weight excluding hydrogens is 284 g/mol. The highest BCUT2D eigenvalue weighted by Gasteiger charge is 2.06. The molecule has 0 aliphatic rings. The summed E-state index contributed by atoms with van der Waals surface area (Å²) >= 11 is 0. The van der Waals surface area contributed by atoms with Crippen LogP contribution in [0.3, 0.4) is 0 Å². The molecule has 1 aromatic carbocycles. The Balaban J connectivity index is 2.26. The molecule has 20 heavy (non-hydrogen) atoms. The van der Waals surface area contributed by atoms with E-state index in [4.69, 9.17) is 9.66 Å². The summed E-state index contributed by atoms with van der Waals surface area (Å²) in [7, 11) is -4.47. The minimum atomic E-state index is -4.47. The van der Waals surface area contributed by atoms with Crippen molar-refractivity contribution in [2.24, 2.45) is 0 Å². The Morgan fingerprint density at radius 2 is 1.65 bits per heavy atom. The highest BCUT2D eigenvalue weighted by molar-refractivity contribution is 7.81. The molecule has 0 atom stereocenters. The van der Waals surface area contributed by atoms with Crippen LogP contribution in [0.2, 0.25) is 0 Å². The third-order valence-electron chi connectivity index (χ3n) is 2.73. The Morgan fingerprint density at radius 3 is 2.20 bits per heavy atom. The van der Waals surface area contributed by atoms with Crippen molar-refractivity contribution in [3.8, 4) is 5.75 Å². The second kappa shape index (κ2) is 7.86. The van der Waals surface area contributed by atoms with Crippen molar-refractivity contribution in [2.45, 2.75) is 38.5 Å². The molecule has 1 rings (SSSR count). The standard InChI is InChI=1S/C13H18O6S/c14-13(15)6-4-2-1-3-5-11-7-9-12(10-8-11)19-20(16,17)18/h7-10H,1-6H2,(H,14,15)(H,16,17,18). The minimum Gasteiger partial charge on any atom is -0.481 e. The lowest BCUT2D eigenvalue weighted by molar-refractivity contribution is -0.137. The molecule has 7 heteroatoms. The predicted octanol–water partition coefficient (Wildman–Crippen LogP) is 2.45. The second-order valence-electron chi connectivity index (χ2n) is 4.46. The van der Waals surface area contributed by atoms with E-state index in [1.165, 1.54) is 12.1 Å². The molecule has 0 heterocycles. The Bertz CT molecular complexity index is 520. The number of aryl methyl sites for hydroxylation is 1. The average molecular weight is 302 g/mol. The summed E-state index contributed by atoms with van der Waals surface area (Å²) in [5, 5.41) is 8.48. The molecule has 0 spiro atoms. The number of carboxylic acid groups (broad SMARTS) is 1. The first-order chi connectivity index (χ1) is 9.37. The van der Waals surface area contributed by atoms with Crippen molar-refractivity contribution in [3.05, 3.63) is 29.8 Å². The maximum absolute atomic E-state index is 10.5. The fraction of sp³-hybridized carbons (Fsp3) is 0.462. The molecular formula is C13H18O6S. The molecule has 0 amide bonds. The number of rotatable bonds is 9. The van der Waals surface area contributed by atoms with E-state index in [2.05, 4.69) is 4.18 Å². The summed E-state index contributed by atoms with van der Waals surface area (Å²) in [6.07, 6.45) is 4.52. The van der Waals surface area contributed by atoms with Gasteiger partial charge in [-0.05, 0) is 37.0 Å². The lowest BCUT2D eigenvalue weighted by atomic mass is 10.1. The molecule has 2 N–H and O–H groups in total. The number of carbonyl (C=O) groups is 1. The Labute approximate surface area is 118 Å². The van der Waals surface area contributed by atoms with E-state index in [1.54, 1.807) is 12.1 Å². The summed E-state index contributed by atoms with van der Waals surface area (Å²) in [5.41, 5.74) is 1.03. The van der Waals surface area contributed by atoms with Crippen LogP contribution in [0.4, 0.5) is 0 Å². The molecule has 0 aliphatic heterocycles. The van der Waals surface area contributed by atoms with E-state index in [-0.39, 0.29) is 12.2 Å². The van der Waals surface area contributed by atoms with Gasteiger partial charge >= 0.3 is 16.4 Å². The fourth-order valence-electron chi connectivity index (χ4n) is 1.79. The van der Waals surface area contributed by atoms with Crippen LogP contribution in [0, 0.1) is 0 Å². The molecule has 0 fully saturated rings. The topological polar surface area (TPSA) is 101 Å². The fourth-order valence-corrected chi connectivity index (χ4v) is 2.15. The lowest BCUT2D eigenvalue weighted by Crippen LogP contribution is -2.06. The van der Waals surface area contributed by atoms with Gasteiger partial charge < -0.3 is 9.29 Å². The van der Waals surface area contributed by atoms with Crippen LogP contribution in [0.5, 0.6) is 5.75 Å². The number of hydrogen-bond acceptors (Lipinski definition) is 4. The van der Waals surface area contributed by atoms with Crippen LogP contribution in [-0.2, 0) is 21.6 Å². The molecule has 0 radical (unpaired) electrons. The Kier molecular flexibility index (Phi) is 6.47. The van der Waals surface area contributed by atoms with Gasteiger partial charge in [0.05, 0.1) is 0 Å². The van der Waals surface area contributed by atoms with E-state index in [0.29, 0.717) is 6.42 Å². The number of unbranched alkanes of at least 4 members (excludes halogenated alkanes) is 3. The molecule has 112 valence electrons. The van der Waals surface area contributed by atoms with Crippen molar-refractivity contribution >= 4 is 16.4 Å². The van der Waals surface area contributed by atoms with E-state index in [0.717, 1.165) is 31.2 Å². The Hall–Kier alpha value is -1.60. The first-order valence-corrected chi connectivity index (χ1v) is 7.71. The van der Waals surface area contributed by atoms with Crippen LogP contribution >= 0.6 is 0 Å². The van der Waals surface area contributed by atoms with E-state index >= 15 is 0 Å². The van der Waals surface area contributed by atoms with Crippen LogP contribution in [0.25, 0.3) is 0 Å². The van der Waals surface area contributed by atoms with Gasteiger partial charge in [0.15, 0.2) is 0 Å². The predicted molar refractivity (Wildman–Crippen MR) is 73.0 cm³/mol. The first-order valence-electron chi connectivity index (χ1n) is 6.34. The van der Waals surface area contributed by atoms with Crippen LogP contribution in [0.1, 0.15) is 37.7 Å². The van der Waals surface area contributed by atoms with Gasteiger partial charge in [-0.15, -0.1) is 0 Å². The van der Waals surface area contributed by atoms with E-state index in [1.807, 2.05) is 0 Å². The van der Waals surface area contributed by atoms with Crippen molar-refractivity contribution in [1.82, 2.24) is 0 Å². The van der Waals surface area contributed by atoms with E-state index in [9.17, 15) is 13.2 Å². The molecule has 0 aliphatic carbocycles. The molecule has 6 nitrogen and oxygen atoms in total. The maximum Gasteiger partial charge on any atom is 0.446 e. The summed E-state index contributed by atoms with van der Waals surface area (Å²) in [5.74, 6) is -0.697. The summed E-state index contributed by atoms with van der Waals surface area (Å²) in [6, 6.07) is 6.43. The second-order valence-corrected chi connectivity index (χ2v) is 5.49. The van der Waals surface area contributed by atoms with Crippen molar-refractivity contribution in [1.29, 1.82) is 0 Å². The molecule has 0 saturated carbocycles. The molecule has 1 aromatic rings. The monoisotopic (exact) mass is 302 g/mol. The zero-order valence-corrected chi connectivity index (χ0v) is 11.8. The highest BCUT2D eigenvalue weighted by atomic mass is 32.3. The SMILES string of the molecule is O=C(O)CCCCCCc1ccc(OS(=O)(=O)O)cc1. The smallest absolute Gasteiger partial charge is 0.446 e. The van der Waals surface area contributed by atoms with Gasteiger partial charge in [-0.1, -0.05) is 25.0 Å². The first kappa shape index (κ1) is 16.5. The summed E-state index contributed by atoms with van der Waals surface area (Å²) in [4.78, 5) is 10.3. The van der Waals surface area contributed by atoms with E-state index < -0.39 is 16.4 Å². The Morgan fingerprint density at radius 1 is 1.05 bits per heavy atom. The van der Waals surface area contributed by atoms with Crippen molar-refractivity contribution < 1.29 is 27.1 Å². The minimum absolute atomic E-state index is 0.0673. The maximum atomic E-state index is 10.5. The van der Waals surface area contributed by atoms with Gasteiger partial charge in [-0.3, -0.25) is 9.35 Å². The summed E-state index contributed by atoms with van der Waals surface area (Å²) in [6.45, 7) is 0. The normalized spacial score (nSPS) is 11.2. The third-order valence-corrected chi connectivity index (χ3v) is 3.13. The van der Waals surface area contributed by atoms with Crippen molar-refractivity contribution in [2.75, 3.05) is 0 Å².